The molecule has 0 aliphatic carbocycles. The molecule has 2 saturated heterocycles. The van der Waals surface area contributed by atoms with E-state index in [1.54, 1.807) is 7.11 Å². The zero-order valence-electron chi connectivity index (χ0n) is 16.9. The highest BCUT2D eigenvalue weighted by Gasteiger charge is 2.38. The van der Waals surface area contributed by atoms with E-state index in [9.17, 15) is 4.79 Å². The number of fused-ring (bicyclic) bond motifs is 2. The molecule has 1 amide bonds. The average molecular weight is 379 g/mol. The molecule has 1 unspecified atom stereocenters. The zero-order valence-corrected chi connectivity index (χ0v) is 16.9. The van der Waals surface area contributed by atoms with Crippen molar-refractivity contribution in [3.63, 3.8) is 0 Å². The summed E-state index contributed by atoms with van der Waals surface area (Å²) in [7, 11) is 1.63. The molecule has 2 aromatic carbocycles. The Morgan fingerprint density at radius 3 is 2.50 bits per heavy atom. The summed E-state index contributed by atoms with van der Waals surface area (Å²) in [4.78, 5) is 15.4. The molecule has 4 rings (SSSR count). The van der Waals surface area contributed by atoms with Crippen LogP contribution >= 0.6 is 0 Å². The predicted molar refractivity (Wildman–Crippen MR) is 112 cm³/mol. The Morgan fingerprint density at radius 1 is 1.11 bits per heavy atom. The topological polar surface area (TPSA) is 41.6 Å². The Hall–Kier alpha value is -2.33. The van der Waals surface area contributed by atoms with Crippen molar-refractivity contribution in [2.24, 2.45) is 0 Å². The molecular formula is C24H30N2O2. The molecule has 3 atom stereocenters. The Bertz CT molecular complexity index is 804. The molecule has 2 aliphatic rings. The highest BCUT2D eigenvalue weighted by Crippen LogP contribution is 2.35. The van der Waals surface area contributed by atoms with Gasteiger partial charge < -0.3 is 10.1 Å². The summed E-state index contributed by atoms with van der Waals surface area (Å²) in [5.41, 5.74) is 3.37. The number of nitrogens with one attached hydrogen (secondary N) is 1. The van der Waals surface area contributed by atoms with Crippen LogP contribution in [-0.2, 0) is 6.54 Å². The maximum Gasteiger partial charge on any atom is 0.251 e. The van der Waals surface area contributed by atoms with Gasteiger partial charge in [0.2, 0.25) is 0 Å². The molecule has 4 nitrogen and oxygen atoms in total. The number of hydrogen-bond donors (Lipinski definition) is 1. The van der Waals surface area contributed by atoms with Gasteiger partial charge in [0.25, 0.3) is 5.91 Å². The second-order valence-corrected chi connectivity index (χ2v) is 8.27. The molecule has 0 radical (unpaired) electrons. The first-order valence-corrected chi connectivity index (χ1v) is 10.4. The number of aryl methyl sites for hydroxylation is 1. The monoisotopic (exact) mass is 378 g/mol. The van der Waals surface area contributed by atoms with Gasteiger partial charge in [0.05, 0.1) is 7.11 Å². The lowest BCUT2D eigenvalue weighted by Crippen LogP contribution is -2.56. The minimum atomic E-state index is 0.00829. The average Bonchev–Trinajstić information content (AvgIpc) is 2.70. The van der Waals surface area contributed by atoms with Gasteiger partial charge in [-0.25, -0.2) is 0 Å². The molecule has 148 valence electrons. The molecule has 0 spiro atoms. The van der Waals surface area contributed by atoms with E-state index in [1.807, 2.05) is 24.3 Å². The lowest BCUT2D eigenvalue weighted by Gasteiger charge is -2.49. The molecule has 2 aliphatic heterocycles. The normalized spacial score (nSPS) is 24.6. The largest absolute Gasteiger partial charge is 0.497 e. The quantitative estimate of drug-likeness (QED) is 0.842. The number of ether oxygens (including phenoxy) is 1. The second kappa shape index (κ2) is 8.36. The van der Waals surface area contributed by atoms with E-state index in [2.05, 4.69) is 41.4 Å². The Morgan fingerprint density at radius 2 is 1.82 bits per heavy atom. The third kappa shape index (κ3) is 4.22. The highest BCUT2D eigenvalue weighted by molar-refractivity contribution is 5.94. The van der Waals surface area contributed by atoms with Crippen LogP contribution in [0.4, 0.5) is 0 Å². The van der Waals surface area contributed by atoms with E-state index in [1.165, 1.54) is 30.4 Å². The van der Waals surface area contributed by atoms with Crippen LogP contribution in [0, 0.1) is 6.92 Å². The molecule has 2 bridgehead atoms. The van der Waals surface area contributed by atoms with Crippen molar-refractivity contribution in [1.82, 2.24) is 10.2 Å². The first kappa shape index (κ1) is 19.0. The molecular weight excluding hydrogens is 348 g/mol. The number of methoxy groups -OCH3 is 1. The maximum atomic E-state index is 12.7. The van der Waals surface area contributed by atoms with Crippen LogP contribution < -0.4 is 10.1 Å². The molecule has 4 heteroatoms. The Balaban J connectivity index is 1.41. The highest BCUT2D eigenvalue weighted by atomic mass is 16.5. The first-order chi connectivity index (χ1) is 13.6. The van der Waals surface area contributed by atoms with E-state index < -0.39 is 0 Å². The molecule has 1 N–H and O–H groups in total. The van der Waals surface area contributed by atoms with Crippen molar-refractivity contribution in [3.05, 3.63) is 65.2 Å². The zero-order chi connectivity index (χ0) is 19.5. The molecule has 0 saturated carbocycles. The predicted octanol–water partition coefficient (Wildman–Crippen LogP) is 4.32. The van der Waals surface area contributed by atoms with Crippen molar-refractivity contribution in [2.45, 2.75) is 63.7 Å². The van der Waals surface area contributed by atoms with E-state index in [-0.39, 0.29) is 11.9 Å². The van der Waals surface area contributed by atoms with Gasteiger partial charge in [-0.3, -0.25) is 9.69 Å². The van der Waals surface area contributed by atoms with Crippen molar-refractivity contribution in [1.29, 1.82) is 0 Å². The summed E-state index contributed by atoms with van der Waals surface area (Å²) in [5.74, 6) is 0.728. The smallest absolute Gasteiger partial charge is 0.251 e. The van der Waals surface area contributed by atoms with Crippen LogP contribution in [-0.4, -0.2) is 36.0 Å². The van der Waals surface area contributed by atoms with Crippen LogP contribution in [0.1, 0.15) is 53.6 Å². The third-order valence-electron chi connectivity index (χ3n) is 6.28. The third-order valence-corrected chi connectivity index (χ3v) is 6.28. The van der Waals surface area contributed by atoms with Crippen molar-refractivity contribution in [2.75, 3.05) is 7.11 Å². The summed E-state index contributed by atoms with van der Waals surface area (Å²) in [5, 5.41) is 3.29. The minimum absolute atomic E-state index is 0.00829. The molecule has 2 heterocycles. The number of nitrogens with zero attached hydrogens (tertiary/aromatic N) is 1. The lowest BCUT2D eigenvalue weighted by atomic mass is 9.81. The second-order valence-electron chi connectivity index (χ2n) is 8.27. The van der Waals surface area contributed by atoms with Gasteiger partial charge in [0.1, 0.15) is 5.75 Å². The Kier molecular flexibility index (Phi) is 5.67. The van der Waals surface area contributed by atoms with Gasteiger partial charge in [-0.05, 0) is 56.4 Å². The van der Waals surface area contributed by atoms with Gasteiger partial charge in [-0.2, -0.15) is 0 Å². The number of carbonyl (C=O) groups excluding carboxylic acids is 1. The van der Waals surface area contributed by atoms with E-state index in [4.69, 9.17) is 4.74 Å². The molecule has 2 fully saturated rings. The fourth-order valence-corrected chi connectivity index (χ4v) is 4.79. The van der Waals surface area contributed by atoms with E-state index in [0.717, 1.165) is 25.1 Å². The van der Waals surface area contributed by atoms with Gasteiger partial charge in [0.15, 0.2) is 0 Å². The lowest BCUT2D eigenvalue weighted by molar-refractivity contribution is 0.0177. The fourth-order valence-electron chi connectivity index (χ4n) is 4.79. The minimum Gasteiger partial charge on any atom is -0.497 e. The van der Waals surface area contributed by atoms with Crippen LogP contribution in [0.3, 0.4) is 0 Å². The number of carbonyl (C=O) groups is 1. The van der Waals surface area contributed by atoms with Gasteiger partial charge >= 0.3 is 0 Å². The molecule has 0 aromatic heterocycles. The number of rotatable bonds is 5. The van der Waals surface area contributed by atoms with Crippen molar-refractivity contribution < 1.29 is 9.53 Å². The fraction of sp³-hybridized carbons (Fsp3) is 0.458. The van der Waals surface area contributed by atoms with Gasteiger partial charge in [0, 0.05) is 30.2 Å². The summed E-state index contributed by atoms with van der Waals surface area (Å²) >= 11 is 0. The van der Waals surface area contributed by atoms with E-state index >= 15 is 0 Å². The van der Waals surface area contributed by atoms with E-state index in [0.29, 0.717) is 17.6 Å². The Labute approximate surface area is 167 Å². The van der Waals surface area contributed by atoms with Crippen molar-refractivity contribution >= 4 is 5.91 Å². The van der Waals surface area contributed by atoms with Gasteiger partial charge in [-0.15, -0.1) is 0 Å². The summed E-state index contributed by atoms with van der Waals surface area (Å²) in [6.07, 6.45) is 5.84. The van der Waals surface area contributed by atoms with Gasteiger partial charge in [-0.1, -0.05) is 42.3 Å². The van der Waals surface area contributed by atoms with Crippen LogP contribution in [0.2, 0.25) is 0 Å². The van der Waals surface area contributed by atoms with Crippen molar-refractivity contribution in [3.8, 4) is 5.75 Å². The molecule has 2 aromatic rings. The summed E-state index contributed by atoms with van der Waals surface area (Å²) in [6.45, 7) is 3.15. The SMILES string of the molecule is COc1cccc(C(=O)NC2C[C@H]3CCC[C@@H](C2)N3Cc2ccc(C)cc2)c1. The summed E-state index contributed by atoms with van der Waals surface area (Å²) in [6, 6.07) is 17.7. The number of amides is 1. The summed E-state index contributed by atoms with van der Waals surface area (Å²) < 4.78 is 5.25. The number of piperidine rings is 2. The number of benzene rings is 2. The van der Waals surface area contributed by atoms with Crippen LogP contribution in [0.25, 0.3) is 0 Å². The number of hydrogen-bond acceptors (Lipinski definition) is 3. The molecule has 28 heavy (non-hydrogen) atoms. The first-order valence-electron chi connectivity index (χ1n) is 10.4. The van der Waals surface area contributed by atoms with Crippen LogP contribution in [0.5, 0.6) is 5.75 Å². The van der Waals surface area contributed by atoms with Crippen LogP contribution in [0.15, 0.2) is 48.5 Å². The standard InChI is InChI=1S/C24H30N2O2/c1-17-9-11-18(12-10-17)16-26-21-6-4-7-22(26)15-20(14-21)25-24(27)19-5-3-8-23(13-19)28-2/h3,5,8-13,20-22H,4,6-7,14-16H2,1-2H3,(H,25,27)/t20?,21-,22+. The maximum absolute atomic E-state index is 12.7.